The van der Waals surface area contributed by atoms with Gasteiger partial charge in [-0.2, -0.15) is 4.31 Å². The Morgan fingerprint density at radius 1 is 1.30 bits per heavy atom. The summed E-state index contributed by atoms with van der Waals surface area (Å²) in [6.07, 6.45) is 0. The highest BCUT2D eigenvalue weighted by atomic mass is 35.5. The minimum Gasteiger partial charge on any atom is -0.447 e. The van der Waals surface area contributed by atoms with Crippen LogP contribution in [0.3, 0.4) is 0 Å². The predicted octanol–water partition coefficient (Wildman–Crippen LogP) is 2.21. The van der Waals surface area contributed by atoms with E-state index in [9.17, 15) is 8.42 Å². The van der Waals surface area contributed by atoms with Gasteiger partial charge in [0, 0.05) is 18.6 Å². The van der Waals surface area contributed by atoms with Crippen LogP contribution >= 0.6 is 11.6 Å². The molecule has 1 aromatic carbocycles. The zero-order valence-electron chi connectivity index (χ0n) is 10.9. The number of nitrogens with zero attached hydrogens (tertiary/aromatic N) is 1. The van der Waals surface area contributed by atoms with Crippen molar-refractivity contribution in [3.63, 3.8) is 0 Å². The fourth-order valence-electron chi connectivity index (χ4n) is 1.74. The van der Waals surface area contributed by atoms with E-state index in [0.29, 0.717) is 10.8 Å². The molecule has 20 heavy (non-hydrogen) atoms. The van der Waals surface area contributed by atoms with Crippen molar-refractivity contribution < 1.29 is 12.8 Å². The zero-order chi connectivity index (χ0) is 14.8. The lowest BCUT2D eigenvalue weighted by molar-refractivity contribution is 0.387. The first-order valence-electron chi connectivity index (χ1n) is 5.93. The first kappa shape index (κ1) is 15.1. The second-order valence-corrected chi connectivity index (χ2v) is 6.73. The highest BCUT2D eigenvalue weighted by Crippen LogP contribution is 2.20. The van der Waals surface area contributed by atoms with E-state index in [2.05, 4.69) is 0 Å². The van der Waals surface area contributed by atoms with Gasteiger partial charge in [-0.05, 0) is 29.8 Å². The van der Waals surface area contributed by atoms with Gasteiger partial charge in [0.25, 0.3) is 10.0 Å². The van der Waals surface area contributed by atoms with Crippen LogP contribution in [-0.4, -0.2) is 19.8 Å². The molecular weight excluding hydrogens is 300 g/mol. The van der Waals surface area contributed by atoms with Gasteiger partial charge in [-0.15, -0.1) is 0 Å². The molecule has 0 aliphatic carbocycles. The molecule has 0 aliphatic rings. The summed E-state index contributed by atoms with van der Waals surface area (Å²) < 4.78 is 31.0. The van der Waals surface area contributed by atoms with Crippen LogP contribution in [0, 0.1) is 0 Å². The van der Waals surface area contributed by atoms with Gasteiger partial charge in [-0.3, -0.25) is 0 Å². The van der Waals surface area contributed by atoms with E-state index in [1.165, 1.54) is 17.4 Å². The van der Waals surface area contributed by atoms with Crippen LogP contribution in [0.5, 0.6) is 0 Å². The second-order valence-electron chi connectivity index (χ2n) is 4.32. The van der Waals surface area contributed by atoms with Crippen LogP contribution in [0.1, 0.15) is 11.3 Å². The van der Waals surface area contributed by atoms with Gasteiger partial charge in [0.2, 0.25) is 5.09 Å². The maximum atomic E-state index is 12.3. The molecule has 0 atom stereocenters. The van der Waals surface area contributed by atoms with Crippen LogP contribution in [-0.2, 0) is 23.1 Å². The molecular formula is C13H15ClN2O3S. The summed E-state index contributed by atoms with van der Waals surface area (Å²) in [7, 11) is -2.18. The number of hydrogen-bond acceptors (Lipinski definition) is 4. The van der Waals surface area contributed by atoms with Crippen molar-refractivity contribution in [3.8, 4) is 0 Å². The number of halogens is 1. The summed E-state index contributed by atoms with van der Waals surface area (Å²) in [5.74, 6) is 0.430. The Morgan fingerprint density at radius 3 is 2.65 bits per heavy atom. The van der Waals surface area contributed by atoms with Crippen molar-refractivity contribution in [2.75, 3.05) is 7.05 Å². The topological polar surface area (TPSA) is 76.5 Å². The fourth-order valence-corrected chi connectivity index (χ4v) is 3.03. The van der Waals surface area contributed by atoms with Crippen LogP contribution in [0.4, 0.5) is 0 Å². The molecule has 1 aromatic heterocycles. The van der Waals surface area contributed by atoms with E-state index < -0.39 is 10.0 Å². The van der Waals surface area contributed by atoms with E-state index in [0.717, 1.165) is 5.56 Å². The lowest BCUT2D eigenvalue weighted by atomic mass is 10.2. The molecule has 0 aliphatic heterocycles. The number of rotatable bonds is 5. The SMILES string of the molecule is CN(Cc1cccc(Cl)c1)S(=O)(=O)c1ccc(CN)o1. The quantitative estimate of drug-likeness (QED) is 0.918. The van der Waals surface area contributed by atoms with Crippen molar-refractivity contribution in [2.45, 2.75) is 18.2 Å². The van der Waals surface area contributed by atoms with Crippen molar-refractivity contribution in [1.29, 1.82) is 0 Å². The van der Waals surface area contributed by atoms with E-state index in [-0.39, 0.29) is 18.2 Å². The van der Waals surface area contributed by atoms with Crippen molar-refractivity contribution in [3.05, 3.63) is 52.7 Å². The van der Waals surface area contributed by atoms with E-state index in [4.69, 9.17) is 21.8 Å². The summed E-state index contributed by atoms with van der Waals surface area (Å²) in [6, 6.07) is 10.0. The highest BCUT2D eigenvalue weighted by Gasteiger charge is 2.24. The molecule has 0 bridgehead atoms. The number of furan rings is 1. The summed E-state index contributed by atoms with van der Waals surface area (Å²) in [5, 5.41) is 0.458. The molecule has 108 valence electrons. The van der Waals surface area contributed by atoms with Gasteiger partial charge in [-0.1, -0.05) is 23.7 Å². The standard InChI is InChI=1S/C13H15ClN2O3S/c1-16(9-10-3-2-4-11(14)7-10)20(17,18)13-6-5-12(8-15)19-13/h2-7H,8-9,15H2,1H3. The Bertz CT molecular complexity index is 697. The van der Waals surface area contributed by atoms with Gasteiger partial charge in [0.1, 0.15) is 5.76 Å². The number of nitrogens with two attached hydrogens (primary N) is 1. The van der Waals surface area contributed by atoms with E-state index >= 15 is 0 Å². The summed E-state index contributed by atoms with van der Waals surface area (Å²) in [5.41, 5.74) is 6.21. The Hall–Kier alpha value is -1.34. The molecule has 0 unspecified atom stereocenters. The van der Waals surface area contributed by atoms with Crippen LogP contribution < -0.4 is 5.73 Å². The minimum atomic E-state index is -3.67. The van der Waals surface area contributed by atoms with Crippen molar-refractivity contribution >= 4 is 21.6 Å². The first-order valence-corrected chi connectivity index (χ1v) is 7.75. The number of sulfonamides is 1. The summed E-state index contributed by atoms with van der Waals surface area (Å²) >= 11 is 5.88. The summed E-state index contributed by atoms with van der Waals surface area (Å²) in [4.78, 5) is 0. The molecule has 0 amide bonds. The summed E-state index contributed by atoms with van der Waals surface area (Å²) in [6.45, 7) is 0.370. The average Bonchev–Trinajstić information content (AvgIpc) is 2.88. The molecule has 0 saturated carbocycles. The van der Waals surface area contributed by atoms with Crippen LogP contribution in [0.25, 0.3) is 0 Å². The van der Waals surface area contributed by atoms with Gasteiger partial charge >= 0.3 is 0 Å². The maximum absolute atomic E-state index is 12.3. The number of hydrogen-bond donors (Lipinski definition) is 1. The van der Waals surface area contributed by atoms with Crippen molar-refractivity contribution in [2.24, 2.45) is 5.73 Å². The average molecular weight is 315 g/mol. The molecule has 2 N–H and O–H groups in total. The monoisotopic (exact) mass is 314 g/mol. The largest absolute Gasteiger partial charge is 0.447 e. The zero-order valence-corrected chi connectivity index (χ0v) is 12.5. The van der Waals surface area contributed by atoms with E-state index in [1.54, 1.807) is 24.3 Å². The third-order valence-corrected chi connectivity index (χ3v) is 4.71. The van der Waals surface area contributed by atoms with Gasteiger partial charge in [0.05, 0.1) is 6.54 Å². The lowest BCUT2D eigenvalue weighted by Gasteiger charge is -2.15. The third-order valence-electron chi connectivity index (χ3n) is 2.80. The Kier molecular flexibility index (Phi) is 4.49. The molecule has 2 rings (SSSR count). The lowest BCUT2D eigenvalue weighted by Crippen LogP contribution is -2.26. The fraction of sp³-hybridized carbons (Fsp3) is 0.231. The van der Waals surface area contributed by atoms with Gasteiger partial charge in [0.15, 0.2) is 0 Å². The van der Waals surface area contributed by atoms with Crippen LogP contribution in [0.15, 0.2) is 45.9 Å². The Morgan fingerprint density at radius 2 is 2.05 bits per heavy atom. The van der Waals surface area contributed by atoms with E-state index in [1.807, 2.05) is 6.07 Å². The third kappa shape index (κ3) is 3.21. The Balaban J connectivity index is 2.21. The molecule has 1 heterocycles. The normalized spacial score (nSPS) is 12.0. The van der Waals surface area contributed by atoms with Crippen molar-refractivity contribution in [1.82, 2.24) is 4.31 Å². The van der Waals surface area contributed by atoms with Gasteiger partial charge < -0.3 is 10.2 Å². The predicted molar refractivity (Wildman–Crippen MR) is 76.7 cm³/mol. The smallest absolute Gasteiger partial charge is 0.276 e. The molecule has 5 nitrogen and oxygen atoms in total. The minimum absolute atomic E-state index is 0.109. The first-order chi connectivity index (χ1) is 9.43. The van der Waals surface area contributed by atoms with Crippen LogP contribution in [0.2, 0.25) is 5.02 Å². The molecule has 0 spiro atoms. The highest BCUT2D eigenvalue weighted by molar-refractivity contribution is 7.88. The molecule has 0 saturated heterocycles. The molecule has 2 aromatic rings. The molecule has 0 fully saturated rings. The number of benzene rings is 1. The van der Waals surface area contributed by atoms with Gasteiger partial charge in [-0.25, -0.2) is 8.42 Å². The maximum Gasteiger partial charge on any atom is 0.276 e. The molecule has 0 radical (unpaired) electrons. The Labute approximate surface area is 123 Å². The molecule has 7 heteroatoms. The second kappa shape index (κ2) is 5.97.